The van der Waals surface area contributed by atoms with Crippen LogP contribution in [-0.4, -0.2) is 24.9 Å². The molecule has 0 saturated heterocycles. The third kappa shape index (κ3) is 2.82. The van der Waals surface area contributed by atoms with Crippen LogP contribution in [-0.2, 0) is 18.9 Å². The fraction of sp³-hybridized carbons (Fsp3) is 0.154. The van der Waals surface area contributed by atoms with Crippen molar-refractivity contribution in [1.82, 2.24) is 19.1 Å². The van der Waals surface area contributed by atoms with Crippen molar-refractivity contribution in [2.24, 2.45) is 14.1 Å². The van der Waals surface area contributed by atoms with Crippen LogP contribution in [0.2, 0.25) is 0 Å². The highest BCUT2D eigenvalue weighted by Crippen LogP contribution is 2.00. The van der Waals surface area contributed by atoms with Gasteiger partial charge in [0.1, 0.15) is 11.6 Å². The molecule has 0 aliphatic carbocycles. The van der Waals surface area contributed by atoms with E-state index in [1.165, 1.54) is 12.2 Å². The maximum Gasteiger partial charge on any atom is 0.178 e. The Morgan fingerprint density at radius 1 is 1.00 bits per heavy atom. The molecule has 2 aromatic heterocycles. The molecule has 2 aromatic rings. The molecular weight excluding hydrogens is 228 g/mol. The van der Waals surface area contributed by atoms with E-state index in [-0.39, 0.29) is 5.78 Å². The zero-order valence-corrected chi connectivity index (χ0v) is 10.3. The van der Waals surface area contributed by atoms with E-state index in [2.05, 4.69) is 9.97 Å². The first-order chi connectivity index (χ1) is 8.66. The summed E-state index contributed by atoms with van der Waals surface area (Å²) < 4.78 is 3.68. The fourth-order valence-electron chi connectivity index (χ4n) is 1.44. The van der Waals surface area contributed by atoms with E-state index in [0.29, 0.717) is 0 Å². The van der Waals surface area contributed by atoms with E-state index >= 15 is 0 Å². The predicted octanol–water partition coefficient (Wildman–Crippen LogP) is 1.45. The minimum Gasteiger partial charge on any atom is -0.335 e. The zero-order chi connectivity index (χ0) is 13.0. The van der Waals surface area contributed by atoms with E-state index < -0.39 is 0 Å². The normalized spacial score (nSPS) is 11.7. The number of rotatable bonds is 4. The highest BCUT2D eigenvalue weighted by Gasteiger charge is 1.96. The quantitative estimate of drug-likeness (QED) is 0.762. The summed E-state index contributed by atoms with van der Waals surface area (Å²) >= 11 is 0. The third-order valence-electron chi connectivity index (χ3n) is 2.51. The van der Waals surface area contributed by atoms with Crippen molar-refractivity contribution in [1.29, 1.82) is 0 Å². The Labute approximate surface area is 105 Å². The van der Waals surface area contributed by atoms with E-state index in [4.69, 9.17) is 0 Å². The van der Waals surface area contributed by atoms with E-state index in [1.807, 2.05) is 35.6 Å². The van der Waals surface area contributed by atoms with Crippen molar-refractivity contribution in [3.8, 4) is 0 Å². The van der Waals surface area contributed by atoms with Crippen molar-refractivity contribution in [2.75, 3.05) is 0 Å². The molecular formula is C13H14N4O. The van der Waals surface area contributed by atoms with Crippen LogP contribution in [0.3, 0.4) is 0 Å². The van der Waals surface area contributed by atoms with Gasteiger partial charge in [-0.3, -0.25) is 4.79 Å². The molecule has 0 aliphatic rings. The van der Waals surface area contributed by atoms with Crippen LogP contribution < -0.4 is 0 Å². The molecule has 2 rings (SSSR count). The van der Waals surface area contributed by atoms with Gasteiger partial charge < -0.3 is 9.13 Å². The van der Waals surface area contributed by atoms with E-state index in [1.54, 1.807) is 24.5 Å². The lowest BCUT2D eigenvalue weighted by atomic mass is 10.3. The number of imidazole rings is 2. The number of ketones is 1. The Morgan fingerprint density at radius 3 is 1.78 bits per heavy atom. The van der Waals surface area contributed by atoms with Crippen molar-refractivity contribution in [2.45, 2.75) is 0 Å². The highest BCUT2D eigenvalue weighted by molar-refractivity contribution is 6.04. The second kappa shape index (κ2) is 5.27. The minimum atomic E-state index is -0.0963. The number of allylic oxidation sites excluding steroid dienone is 2. The Bertz CT molecular complexity index is 552. The Hall–Kier alpha value is -2.43. The van der Waals surface area contributed by atoms with Gasteiger partial charge in [-0.1, -0.05) is 0 Å². The second-order valence-electron chi connectivity index (χ2n) is 3.86. The topological polar surface area (TPSA) is 52.7 Å². The molecule has 5 heteroatoms. The number of aryl methyl sites for hydroxylation is 2. The lowest BCUT2D eigenvalue weighted by molar-refractivity contribution is -0.110. The monoisotopic (exact) mass is 242 g/mol. The Morgan fingerprint density at radius 2 is 1.44 bits per heavy atom. The summed E-state index contributed by atoms with van der Waals surface area (Å²) in [4.78, 5) is 19.8. The number of carbonyl (C=O) groups excluding carboxylic acids is 1. The molecule has 5 nitrogen and oxygen atoms in total. The molecule has 2 heterocycles. The highest BCUT2D eigenvalue weighted by atomic mass is 16.1. The van der Waals surface area contributed by atoms with Gasteiger partial charge in [0.25, 0.3) is 0 Å². The Kier molecular flexibility index (Phi) is 3.52. The first kappa shape index (κ1) is 12.0. The van der Waals surface area contributed by atoms with Gasteiger partial charge in [-0.15, -0.1) is 0 Å². The van der Waals surface area contributed by atoms with Crippen LogP contribution in [0, 0.1) is 0 Å². The van der Waals surface area contributed by atoms with Crippen molar-refractivity contribution >= 4 is 17.9 Å². The maximum absolute atomic E-state index is 11.6. The summed E-state index contributed by atoms with van der Waals surface area (Å²) in [7, 11) is 3.75. The minimum absolute atomic E-state index is 0.0963. The first-order valence-electron chi connectivity index (χ1n) is 5.51. The molecule has 0 atom stereocenters. The van der Waals surface area contributed by atoms with Crippen LogP contribution in [0.5, 0.6) is 0 Å². The predicted molar refractivity (Wildman–Crippen MR) is 69.5 cm³/mol. The van der Waals surface area contributed by atoms with Gasteiger partial charge in [0.05, 0.1) is 0 Å². The lowest BCUT2D eigenvalue weighted by Crippen LogP contribution is -1.93. The molecule has 0 radical (unpaired) electrons. The molecule has 18 heavy (non-hydrogen) atoms. The molecule has 0 aliphatic heterocycles. The number of nitrogens with zero attached hydrogens (tertiary/aromatic N) is 4. The van der Waals surface area contributed by atoms with Gasteiger partial charge in [0.15, 0.2) is 5.78 Å². The summed E-state index contributed by atoms with van der Waals surface area (Å²) in [6, 6.07) is 0. The summed E-state index contributed by atoms with van der Waals surface area (Å²) in [5, 5.41) is 0. The standard InChI is InChI=1S/C13H14N4O/c1-16-9-7-14-12(16)5-3-11(18)4-6-13-15-8-10-17(13)2/h3-10H,1-2H3/b5-3+,6-4+. The third-order valence-corrected chi connectivity index (χ3v) is 2.51. The SMILES string of the molecule is Cn1ccnc1/C=C/C(=O)/C=C/c1nccn1C. The number of aromatic nitrogens is 4. The molecule has 0 unspecified atom stereocenters. The first-order valence-corrected chi connectivity index (χ1v) is 5.51. The zero-order valence-electron chi connectivity index (χ0n) is 10.3. The lowest BCUT2D eigenvalue weighted by Gasteiger charge is -1.93. The van der Waals surface area contributed by atoms with Gasteiger partial charge in [-0.25, -0.2) is 9.97 Å². The van der Waals surface area contributed by atoms with Gasteiger partial charge in [0, 0.05) is 38.9 Å². The van der Waals surface area contributed by atoms with Crippen LogP contribution in [0.1, 0.15) is 11.6 Å². The summed E-state index contributed by atoms with van der Waals surface area (Å²) in [6.45, 7) is 0. The van der Waals surface area contributed by atoms with Gasteiger partial charge in [-0.2, -0.15) is 0 Å². The van der Waals surface area contributed by atoms with Crippen LogP contribution in [0.4, 0.5) is 0 Å². The van der Waals surface area contributed by atoms with Crippen molar-refractivity contribution in [3.05, 3.63) is 48.6 Å². The molecule has 0 bridgehead atoms. The summed E-state index contributed by atoms with van der Waals surface area (Å²) in [5.74, 6) is 1.39. The van der Waals surface area contributed by atoms with E-state index in [9.17, 15) is 4.79 Å². The van der Waals surface area contributed by atoms with Crippen LogP contribution in [0.15, 0.2) is 36.9 Å². The van der Waals surface area contributed by atoms with Gasteiger partial charge in [-0.05, 0) is 24.3 Å². The largest absolute Gasteiger partial charge is 0.335 e. The average Bonchev–Trinajstić information content (AvgIpc) is 2.93. The fourth-order valence-corrected chi connectivity index (χ4v) is 1.44. The number of hydrogen-bond donors (Lipinski definition) is 0. The molecule has 0 N–H and O–H groups in total. The van der Waals surface area contributed by atoms with Crippen LogP contribution in [0.25, 0.3) is 12.2 Å². The van der Waals surface area contributed by atoms with Crippen molar-refractivity contribution < 1.29 is 4.79 Å². The molecule has 0 spiro atoms. The van der Waals surface area contributed by atoms with Crippen molar-refractivity contribution in [3.63, 3.8) is 0 Å². The van der Waals surface area contributed by atoms with Gasteiger partial charge >= 0.3 is 0 Å². The molecule has 0 saturated carbocycles. The average molecular weight is 242 g/mol. The molecule has 92 valence electrons. The molecule has 0 aromatic carbocycles. The Balaban J connectivity index is 2.01. The number of hydrogen-bond acceptors (Lipinski definition) is 3. The van der Waals surface area contributed by atoms with E-state index in [0.717, 1.165) is 11.6 Å². The van der Waals surface area contributed by atoms with Gasteiger partial charge in [0.2, 0.25) is 0 Å². The summed E-state index contributed by atoms with van der Waals surface area (Å²) in [6.07, 6.45) is 13.4. The summed E-state index contributed by atoms with van der Waals surface area (Å²) in [5.41, 5.74) is 0. The molecule has 0 fully saturated rings. The maximum atomic E-state index is 11.6. The van der Waals surface area contributed by atoms with Crippen LogP contribution >= 0.6 is 0 Å². The second-order valence-corrected chi connectivity index (χ2v) is 3.86. The smallest absolute Gasteiger partial charge is 0.178 e. The number of carbonyl (C=O) groups is 1. The molecule has 0 amide bonds.